The van der Waals surface area contributed by atoms with Crippen LogP contribution in [-0.4, -0.2) is 4.98 Å². The van der Waals surface area contributed by atoms with Crippen LogP contribution in [0.3, 0.4) is 0 Å². The van der Waals surface area contributed by atoms with Gasteiger partial charge in [-0.05, 0) is 25.0 Å². The monoisotopic (exact) mass is 162 g/mol. The van der Waals surface area contributed by atoms with Crippen LogP contribution in [-0.2, 0) is 5.41 Å². The molecule has 0 aliphatic heterocycles. The molecule has 0 unspecified atom stereocenters. The van der Waals surface area contributed by atoms with Gasteiger partial charge in [-0.15, -0.1) is 0 Å². The van der Waals surface area contributed by atoms with Gasteiger partial charge in [0.25, 0.3) is 0 Å². The van der Waals surface area contributed by atoms with Crippen molar-refractivity contribution in [2.24, 2.45) is 0 Å². The molecule has 0 bridgehead atoms. The Bertz CT molecular complexity index is 350. The highest BCUT2D eigenvalue weighted by atomic mass is 19.1. The predicted molar refractivity (Wildman–Crippen MR) is 40.7 cm³/mol. The first kappa shape index (κ1) is 7.23. The van der Waals surface area contributed by atoms with Crippen LogP contribution in [0, 0.1) is 17.1 Å². The minimum absolute atomic E-state index is 0.318. The third-order valence-corrected chi connectivity index (χ3v) is 2.18. The van der Waals surface area contributed by atoms with E-state index >= 15 is 0 Å². The molecule has 1 saturated carbocycles. The van der Waals surface area contributed by atoms with Gasteiger partial charge < -0.3 is 0 Å². The fourth-order valence-electron chi connectivity index (χ4n) is 1.22. The Morgan fingerprint density at radius 1 is 1.58 bits per heavy atom. The van der Waals surface area contributed by atoms with Crippen molar-refractivity contribution in [1.29, 1.82) is 5.26 Å². The molecule has 1 aliphatic carbocycles. The molecule has 12 heavy (non-hydrogen) atoms. The Morgan fingerprint density at radius 2 is 2.33 bits per heavy atom. The molecule has 1 aliphatic rings. The minimum Gasteiger partial charge on any atom is -0.259 e. The van der Waals surface area contributed by atoms with Crippen molar-refractivity contribution >= 4 is 0 Å². The zero-order chi connectivity index (χ0) is 8.60. The van der Waals surface area contributed by atoms with E-state index in [1.54, 1.807) is 0 Å². The molecule has 2 nitrogen and oxygen atoms in total. The van der Waals surface area contributed by atoms with Crippen LogP contribution >= 0.6 is 0 Å². The summed E-state index contributed by atoms with van der Waals surface area (Å²) in [5.74, 6) is -0.318. The number of rotatable bonds is 1. The Kier molecular flexibility index (Phi) is 1.37. The first-order chi connectivity index (χ1) is 5.77. The van der Waals surface area contributed by atoms with Crippen molar-refractivity contribution in [3.05, 3.63) is 29.8 Å². The average molecular weight is 162 g/mol. The number of nitrogens with zero attached hydrogens (tertiary/aromatic N) is 2. The molecular formula is C9H7FN2. The fraction of sp³-hybridized carbons (Fsp3) is 0.333. The maximum atomic E-state index is 12.7. The summed E-state index contributed by atoms with van der Waals surface area (Å²) in [4.78, 5) is 3.98. The second kappa shape index (κ2) is 2.28. The lowest BCUT2D eigenvalue weighted by atomic mass is 10.0. The van der Waals surface area contributed by atoms with Gasteiger partial charge in [0.05, 0.1) is 17.2 Å². The Hall–Kier alpha value is -1.43. The first-order valence-corrected chi connectivity index (χ1v) is 3.80. The van der Waals surface area contributed by atoms with Gasteiger partial charge in [0.2, 0.25) is 0 Å². The van der Waals surface area contributed by atoms with Crippen LogP contribution in [0.25, 0.3) is 0 Å². The molecule has 1 aromatic rings. The summed E-state index contributed by atoms with van der Waals surface area (Å²) in [6.45, 7) is 0. The van der Waals surface area contributed by atoms with Gasteiger partial charge in [-0.2, -0.15) is 5.26 Å². The highest BCUT2D eigenvalue weighted by Gasteiger charge is 2.46. The van der Waals surface area contributed by atoms with E-state index in [0.717, 1.165) is 12.8 Å². The first-order valence-electron chi connectivity index (χ1n) is 3.80. The van der Waals surface area contributed by atoms with Gasteiger partial charge in [-0.3, -0.25) is 4.98 Å². The van der Waals surface area contributed by atoms with E-state index in [-0.39, 0.29) is 5.82 Å². The van der Waals surface area contributed by atoms with E-state index in [2.05, 4.69) is 11.1 Å². The van der Waals surface area contributed by atoms with Gasteiger partial charge >= 0.3 is 0 Å². The topological polar surface area (TPSA) is 36.7 Å². The second-order valence-corrected chi connectivity index (χ2v) is 3.05. The van der Waals surface area contributed by atoms with Crippen molar-refractivity contribution in [3.8, 4) is 6.07 Å². The Morgan fingerprint density at radius 3 is 2.83 bits per heavy atom. The number of hydrogen-bond acceptors (Lipinski definition) is 2. The molecule has 0 aromatic carbocycles. The van der Waals surface area contributed by atoms with E-state index in [1.807, 2.05) is 0 Å². The summed E-state index contributed by atoms with van der Waals surface area (Å²) in [6.07, 6.45) is 3.02. The molecular weight excluding hydrogens is 155 g/mol. The fourth-order valence-corrected chi connectivity index (χ4v) is 1.22. The summed E-state index contributed by atoms with van der Waals surface area (Å²) < 4.78 is 12.7. The van der Waals surface area contributed by atoms with E-state index < -0.39 is 5.41 Å². The van der Waals surface area contributed by atoms with Crippen LogP contribution in [0.2, 0.25) is 0 Å². The van der Waals surface area contributed by atoms with Gasteiger partial charge in [-0.25, -0.2) is 4.39 Å². The molecule has 1 heterocycles. The highest BCUT2D eigenvalue weighted by molar-refractivity contribution is 5.33. The predicted octanol–water partition coefficient (Wildman–Crippen LogP) is 1.78. The minimum atomic E-state index is -0.470. The molecule has 0 atom stereocenters. The quantitative estimate of drug-likeness (QED) is 0.631. The third kappa shape index (κ3) is 0.964. The van der Waals surface area contributed by atoms with Crippen molar-refractivity contribution in [1.82, 2.24) is 4.98 Å². The maximum absolute atomic E-state index is 12.7. The van der Waals surface area contributed by atoms with Gasteiger partial charge in [-0.1, -0.05) is 0 Å². The van der Waals surface area contributed by atoms with E-state index in [9.17, 15) is 4.39 Å². The zero-order valence-electron chi connectivity index (χ0n) is 6.42. The van der Waals surface area contributed by atoms with Gasteiger partial charge in [0.15, 0.2) is 0 Å². The molecule has 3 heteroatoms. The molecule has 1 fully saturated rings. The number of aromatic nitrogens is 1. The summed E-state index contributed by atoms with van der Waals surface area (Å²) >= 11 is 0. The van der Waals surface area contributed by atoms with Crippen molar-refractivity contribution in [3.63, 3.8) is 0 Å². The number of nitriles is 1. The van der Waals surface area contributed by atoms with Crippen LogP contribution in [0.5, 0.6) is 0 Å². The van der Waals surface area contributed by atoms with Crippen molar-refractivity contribution < 1.29 is 4.39 Å². The summed E-state index contributed by atoms with van der Waals surface area (Å²) in [5.41, 5.74) is 0.104. The van der Waals surface area contributed by atoms with Crippen LogP contribution in [0.4, 0.5) is 4.39 Å². The largest absolute Gasteiger partial charge is 0.259 e. The van der Waals surface area contributed by atoms with Crippen LogP contribution in [0.15, 0.2) is 18.3 Å². The van der Waals surface area contributed by atoms with E-state index in [4.69, 9.17) is 5.26 Å². The number of pyridine rings is 1. The smallest absolute Gasteiger partial charge is 0.126 e. The lowest BCUT2D eigenvalue weighted by molar-refractivity contribution is 0.619. The number of hydrogen-bond donors (Lipinski definition) is 0. The summed E-state index contributed by atoms with van der Waals surface area (Å²) in [6, 6.07) is 4.80. The van der Waals surface area contributed by atoms with Crippen LogP contribution < -0.4 is 0 Å². The normalized spacial score (nSPS) is 18.3. The van der Waals surface area contributed by atoms with Crippen LogP contribution in [0.1, 0.15) is 18.5 Å². The molecule has 0 radical (unpaired) electrons. The third-order valence-electron chi connectivity index (χ3n) is 2.18. The van der Waals surface area contributed by atoms with Gasteiger partial charge in [0.1, 0.15) is 5.82 Å². The zero-order valence-corrected chi connectivity index (χ0v) is 6.42. The lowest BCUT2D eigenvalue weighted by Gasteiger charge is -2.02. The highest BCUT2D eigenvalue weighted by Crippen LogP contribution is 2.46. The van der Waals surface area contributed by atoms with E-state index in [1.165, 1.54) is 18.3 Å². The molecule has 0 amide bonds. The number of halogens is 1. The SMILES string of the molecule is N#CC1(c2cc(F)ccn2)CC1. The molecule has 1 aromatic heterocycles. The summed E-state index contributed by atoms with van der Waals surface area (Å²) in [7, 11) is 0. The Balaban J connectivity index is 2.42. The standard InChI is InChI=1S/C9H7FN2/c10-7-1-4-12-8(5-7)9(6-11)2-3-9/h1,4-5H,2-3H2. The molecule has 0 saturated heterocycles. The Labute approximate surface area is 69.7 Å². The second-order valence-electron chi connectivity index (χ2n) is 3.05. The van der Waals surface area contributed by atoms with E-state index in [0.29, 0.717) is 5.69 Å². The molecule has 2 rings (SSSR count). The lowest BCUT2D eigenvalue weighted by Crippen LogP contribution is -2.05. The molecule has 0 N–H and O–H groups in total. The molecule has 0 spiro atoms. The summed E-state index contributed by atoms with van der Waals surface area (Å²) in [5, 5.41) is 8.79. The molecule has 60 valence electrons. The average Bonchev–Trinajstić information content (AvgIpc) is 2.84. The van der Waals surface area contributed by atoms with Crippen molar-refractivity contribution in [2.75, 3.05) is 0 Å². The van der Waals surface area contributed by atoms with Crippen molar-refractivity contribution in [2.45, 2.75) is 18.3 Å². The van der Waals surface area contributed by atoms with Gasteiger partial charge in [0, 0.05) is 6.20 Å². The maximum Gasteiger partial charge on any atom is 0.126 e.